The number of nitrogens with zero attached hydrogens (tertiary/aromatic N) is 2. The van der Waals surface area contributed by atoms with Crippen LogP contribution in [-0.4, -0.2) is 21.7 Å². The summed E-state index contributed by atoms with van der Waals surface area (Å²) in [5.74, 6) is 0.804. The van der Waals surface area contributed by atoms with Crippen molar-refractivity contribution in [3.05, 3.63) is 117 Å². The van der Waals surface area contributed by atoms with Gasteiger partial charge in [-0.05, 0) is 51.4 Å². The van der Waals surface area contributed by atoms with E-state index >= 15 is 0 Å². The number of halogens is 1. The number of rotatable bonds is 10. The minimum Gasteiger partial charge on any atom is -0.482 e. The number of benzene rings is 3. The van der Waals surface area contributed by atoms with Gasteiger partial charge in [-0.3, -0.25) is 0 Å². The zero-order valence-electron chi connectivity index (χ0n) is 18.1. The van der Waals surface area contributed by atoms with Crippen LogP contribution in [0.15, 0.2) is 91.3 Å². The van der Waals surface area contributed by atoms with Gasteiger partial charge in [0.1, 0.15) is 19.5 Å². The number of hydrogen-bond acceptors (Lipinski definition) is 5. The van der Waals surface area contributed by atoms with Crippen molar-refractivity contribution in [1.82, 2.24) is 9.97 Å². The van der Waals surface area contributed by atoms with Gasteiger partial charge in [0.05, 0.1) is 12.3 Å². The minimum atomic E-state index is -0.113. The highest BCUT2D eigenvalue weighted by Crippen LogP contribution is 2.33. The third-order valence-electron chi connectivity index (χ3n) is 5.29. The summed E-state index contributed by atoms with van der Waals surface area (Å²) < 4.78 is 13.4. The average molecular weight is 552 g/mol. The van der Waals surface area contributed by atoms with Gasteiger partial charge in [0.2, 0.25) is 5.75 Å². The molecule has 0 saturated carbocycles. The topological polar surface area (TPSA) is 64.5 Å². The maximum atomic E-state index is 10.1. The molecule has 0 fully saturated rings. The number of aliphatic hydroxyl groups is 1. The van der Waals surface area contributed by atoms with Crippen molar-refractivity contribution in [2.45, 2.75) is 25.6 Å². The molecule has 0 spiro atoms. The molecule has 4 rings (SSSR count). The van der Waals surface area contributed by atoms with Gasteiger partial charge in [-0.25, -0.2) is 4.98 Å². The molecule has 0 aliphatic heterocycles. The van der Waals surface area contributed by atoms with Gasteiger partial charge in [0.15, 0.2) is 0 Å². The Kier molecular flexibility index (Phi) is 8.27. The van der Waals surface area contributed by atoms with Gasteiger partial charge in [0.25, 0.3) is 5.88 Å². The number of aliphatic hydroxyl groups excluding tert-OH is 1. The van der Waals surface area contributed by atoms with E-state index in [2.05, 4.69) is 32.6 Å². The van der Waals surface area contributed by atoms with E-state index in [1.807, 2.05) is 84.9 Å². The molecular weight excluding hydrogens is 527 g/mol. The maximum Gasteiger partial charge on any atom is 0.260 e. The second kappa shape index (κ2) is 11.8. The third kappa shape index (κ3) is 6.52. The molecular formula is C27H25IN2O3. The van der Waals surface area contributed by atoms with Crippen LogP contribution in [0.25, 0.3) is 0 Å². The lowest BCUT2D eigenvalue weighted by Crippen LogP contribution is -2.12. The lowest BCUT2D eigenvalue weighted by Gasteiger charge is -2.19. The molecule has 4 aromatic rings. The van der Waals surface area contributed by atoms with Gasteiger partial charge in [0, 0.05) is 15.9 Å². The first-order valence-electron chi connectivity index (χ1n) is 10.8. The van der Waals surface area contributed by atoms with E-state index < -0.39 is 0 Å². The Balaban J connectivity index is 1.60. The van der Waals surface area contributed by atoms with Crippen LogP contribution in [-0.2, 0) is 19.6 Å². The van der Waals surface area contributed by atoms with Crippen molar-refractivity contribution in [3.8, 4) is 11.6 Å². The van der Waals surface area contributed by atoms with Gasteiger partial charge in [-0.2, -0.15) is 4.98 Å². The van der Waals surface area contributed by atoms with Crippen molar-refractivity contribution in [3.63, 3.8) is 0 Å². The lowest BCUT2D eigenvalue weighted by molar-refractivity contribution is 0.238. The third-order valence-corrected chi connectivity index (χ3v) is 6.01. The highest BCUT2D eigenvalue weighted by molar-refractivity contribution is 14.1. The Labute approximate surface area is 207 Å². The van der Waals surface area contributed by atoms with Crippen LogP contribution in [0.4, 0.5) is 0 Å². The summed E-state index contributed by atoms with van der Waals surface area (Å²) in [6.45, 7) is 0.749. The molecule has 0 unspecified atom stereocenters. The fraction of sp³-hybridized carbons (Fsp3) is 0.185. The average Bonchev–Trinajstić information content (AvgIpc) is 2.87. The Bertz CT molecular complexity index is 1140. The van der Waals surface area contributed by atoms with E-state index in [0.717, 1.165) is 20.3 Å². The summed E-state index contributed by atoms with van der Waals surface area (Å²) in [6.07, 6.45) is 2.00. The zero-order chi connectivity index (χ0) is 22.9. The maximum absolute atomic E-state index is 10.1. The van der Waals surface area contributed by atoms with E-state index in [9.17, 15) is 5.11 Å². The predicted molar refractivity (Wildman–Crippen MR) is 136 cm³/mol. The summed E-state index contributed by atoms with van der Waals surface area (Å²) in [5.41, 5.74) is 3.84. The van der Waals surface area contributed by atoms with Crippen LogP contribution >= 0.6 is 22.6 Å². The van der Waals surface area contributed by atoms with E-state index in [1.54, 1.807) is 0 Å². The molecule has 0 radical (unpaired) electrons. The van der Waals surface area contributed by atoms with E-state index in [-0.39, 0.29) is 12.5 Å². The van der Waals surface area contributed by atoms with Gasteiger partial charge in [-0.15, -0.1) is 0 Å². The first kappa shape index (κ1) is 23.2. The second-order valence-corrected chi connectivity index (χ2v) is 8.88. The lowest BCUT2D eigenvalue weighted by atomic mass is 9.94. The Hall–Kier alpha value is -2.97. The predicted octanol–water partition coefficient (Wildman–Crippen LogP) is 5.56. The number of hydrogen-bond donors (Lipinski definition) is 1. The van der Waals surface area contributed by atoms with Crippen LogP contribution in [0.1, 0.15) is 28.3 Å². The van der Waals surface area contributed by atoms with Crippen molar-refractivity contribution in [2.24, 2.45) is 0 Å². The molecule has 1 atom stereocenters. The monoisotopic (exact) mass is 552 g/mol. The molecule has 1 heterocycles. The Morgan fingerprint density at radius 2 is 1.36 bits per heavy atom. The molecule has 0 aliphatic carbocycles. The van der Waals surface area contributed by atoms with Crippen LogP contribution in [0.5, 0.6) is 11.6 Å². The molecule has 6 heteroatoms. The van der Waals surface area contributed by atoms with Crippen molar-refractivity contribution < 1.29 is 14.6 Å². The molecule has 3 aromatic carbocycles. The van der Waals surface area contributed by atoms with Crippen molar-refractivity contribution >= 4 is 22.6 Å². The van der Waals surface area contributed by atoms with Crippen LogP contribution in [0.2, 0.25) is 0 Å². The molecule has 1 N–H and O–H groups in total. The largest absolute Gasteiger partial charge is 0.482 e. The molecule has 0 saturated heterocycles. The SMILES string of the molecule is OC[C@H](Cc1ncnc(OCc2ccccc2)c1OCc1ccccc1)c1ccc(I)cc1. The standard InChI is InChI=1S/C27H25IN2O3/c28-24-13-11-22(12-14-24)23(16-31)15-25-26(32-17-20-7-3-1-4-8-20)27(30-19-29-25)33-18-21-9-5-2-6-10-21/h1-14,19,23,31H,15-18H2/t23-/m0/s1. The molecule has 1 aromatic heterocycles. The first-order chi connectivity index (χ1) is 16.2. The summed E-state index contributed by atoms with van der Waals surface area (Å²) in [4.78, 5) is 8.87. The van der Waals surface area contributed by atoms with Gasteiger partial charge in [-0.1, -0.05) is 72.8 Å². The molecule has 0 aliphatic rings. The Morgan fingerprint density at radius 1 is 0.758 bits per heavy atom. The Morgan fingerprint density at radius 3 is 1.97 bits per heavy atom. The summed E-state index contributed by atoms with van der Waals surface area (Å²) >= 11 is 2.28. The zero-order valence-corrected chi connectivity index (χ0v) is 20.3. The van der Waals surface area contributed by atoms with Crippen molar-refractivity contribution in [1.29, 1.82) is 0 Å². The first-order valence-corrected chi connectivity index (χ1v) is 11.8. The number of aromatic nitrogens is 2. The molecule has 168 valence electrons. The molecule has 5 nitrogen and oxygen atoms in total. The smallest absolute Gasteiger partial charge is 0.260 e. The van der Waals surface area contributed by atoms with Crippen LogP contribution < -0.4 is 9.47 Å². The second-order valence-electron chi connectivity index (χ2n) is 7.64. The molecule has 0 amide bonds. The normalized spacial score (nSPS) is 11.7. The fourth-order valence-electron chi connectivity index (χ4n) is 3.50. The summed E-state index contributed by atoms with van der Waals surface area (Å²) in [5, 5.41) is 10.1. The van der Waals surface area contributed by atoms with Crippen molar-refractivity contribution in [2.75, 3.05) is 6.61 Å². The summed E-state index contributed by atoms with van der Waals surface area (Å²) in [7, 11) is 0. The number of ether oxygens (including phenoxy) is 2. The molecule has 0 bridgehead atoms. The highest BCUT2D eigenvalue weighted by atomic mass is 127. The van der Waals surface area contributed by atoms with E-state index in [0.29, 0.717) is 37.0 Å². The highest BCUT2D eigenvalue weighted by Gasteiger charge is 2.20. The van der Waals surface area contributed by atoms with E-state index in [1.165, 1.54) is 6.33 Å². The van der Waals surface area contributed by atoms with Crippen LogP contribution in [0.3, 0.4) is 0 Å². The van der Waals surface area contributed by atoms with Crippen LogP contribution in [0, 0.1) is 3.57 Å². The fourth-order valence-corrected chi connectivity index (χ4v) is 3.86. The van der Waals surface area contributed by atoms with E-state index in [4.69, 9.17) is 9.47 Å². The van der Waals surface area contributed by atoms with Gasteiger partial charge < -0.3 is 14.6 Å². The van der Waals surface area contributed by atoms with Gasteiger partial charge >= 0.3 is 0 Å². The molecule has 33 heavy (non-hydrogen) atoms. The summed E-state index contributed by atoms with van der Waals surface area (Å²) in [6, 6.07) is 28.1. The minimum absolute atomic E-state index is 0.00290. The quantitative estimate of drug-likeness (QED) is 0.261.